The summed E-state index contributed by atoms with van der Waals surface area (Å²) in [5.41, 5.74) is 1.54. The van der Waals surface area contributed by atoms with Gasteiger partial charge in [-0.25, -0.2) is 9.18 Å². The summed E-state index contributed by atoms with van der Waals surface area (Å²) in [6, 6.07) is 12.5. The molecule has 7 nitrogen and oxygen atoms in total. The molecule has 2 amide bonds. The van der Waals surface area contributed by atoms with Gasteiger partial charge in [0.1, 0.15) is 5.82 Å². The second kappa shape index (κ2) is 8.34. The van der Waals surface area contributed by atoms with Gasteiger partial charge in [0.05, 0.1) is 12.1 Å². The molecule has 0 spiro atoms. The molecule has 0 unspecified atom stereocenters. The van der Waals surface area contributed by atoms with Crippen LogP contribution in [0.5, 0.6) is 0 Å². The van der Waals surface area contributed by atoms with E-state index in [0.717, 1.165) is 10.4 Å². The van der Waals surface area contributed by atoms with Gasteiger partial charge in [-0.1, -0.05) is 18.2 Å². The second-order valence-corrected chi connectivity index (χ2v) is 6.13. The molecule has 2 N–H and O–H groups in total. The first-order valence-electron chi connectivity index (χ1n) is 8.46. The molecule has 0 atom stereocenters. The number of benzene rings is 2. The first-order chi connectivity index (χ1) is 13.4. The number of carbonyl (C=O) groups is 3. The highest BCUT2D eigenvalue weighted by Gasteiger charge is 2.18. The molecule has 144 valence electrons. The molecular weight excluding hydrogens is 365 g/mol. The zero-order valence-electron chi connectivity index (χ0n) is 15.1. The average molecular weight is 383 g/mol. The fourth-order valence-electron chi connectivity index (χ4n) is 2.59. The van der Waals surface area contributed by atoms with Crippen LogP contribution in [0.1, 0.15) is 10.4 Å². The number of carbonyl (C=O) groups excluding carboxylic acids is 3. The van der Waals surface area contributed by atoms with Crippen molar-refractivity contribution in [2.45, 2.75) is 0 Å². The summed E-state index contributed by atoms with van der Waals surface area (Å²) in [6.45, 7) is -0.723. The summed E-state index contributed by atoms with van der Waals surface area (Å²) in [5, 5.41) is 3.25. The monoisotopic (exact) mass is 383 g/mol. The molecule has 1 aromatic heterocycles. The highest BCUT2D eigenvalue weighted by molar-refractivity contribution is 6.04. The van der Waals surface area contributed by atoms with Crippen molar-refractivity contribution >= 4 is 34.4 Å². The van der Waals surface area contributed by atoms with Crippen LogP contribution in [-0.4, -0.2) is 47.9 Å². The van der Waals surface area contributed by atoms with Crippen LogP contribution in [0.3, 0.4) is 0 Å². The minimum absolute atomic E-state index is 0.235. The number of likely N-dealkylation sites (N-methyl/N-ethyl adjacent to an activating group) is 1. The molecule has 0 saturated carbocycles. The number of fused-ring (bicyclic) bond motifs is 1. The van der Waals surface area contributed by atoms with Crippen molar-refractivity contribution in [1.82, 2.24) is 9.88 Å². The highest BCUT2D eigenvalue weighted by atomic mass is 19.1. The lowest BCUT2D eigenvalue weighted by molar-refractivity contribution is -0.136. The third kappa shape index (κ3) is 4.53. The van der Waals surface area contributed by atoms with E-state index in [0.29, 0.717) is 16.6 Å². The lowest BCUT2D eigenvalue weighted by atomic mass is 10.2. The van der Waals surface area contributed by atoms with E-state index in [2.05, 4.69) is 10.3 Å². The molecule has 0 aliphatic heterocycles. The zero-order chi connectivity index (χ0) is 20.1. The third-order valence-electron chi connectivity index (χ3n) is 4.07. The molecule has 1 heterocycles. The Morgan fingerprint density at radius 1 is 1.11 bits per heavy atom. The molecule has 3 rings (SSSR count). The zero-order valence-corrected chi connectivity index (χ0v) is 15.1. The first kappa shape index (κ1) is 19.1. The van der Waals surface area contributed by atoms with Gasteiger partial charge in [0, 0.05) is 29.8 Å². The number of aromatic amines is 1. The fraction of sp³-hybridized carbons (Fsp3) is 0.150. The number of para-hydroxylation sites is 1. The topological polar surface area (TPSA) is 91.5 Å². The summed E-state index contributed by atoms with van der Waals surface area (Å²) >= 11 is 0. The van der Waals surface area contributed by atoms with E-state index in [4.69, 9.17) is 4.74 Å². The standard InChI is InChI=1S/C20H18FN3O4/c1-24(11-18(25)23-14-8-6-13(21)7-9-14)19(26)12-28-20(27)16-10-22-17-5-3-2-4-15(16)17/h2-10,22H,11-12H2,1H3,(H,23,25). The van der Waals surface area contributed by atoms with E-state index in [1.807, 2.05) is 12.1 Å². The number of halogens is 1. The van der Waals surface area contributed by atoms with Crippen LogP contribution in [0.15, 0.2) is 54.7 Å². The minimum Gasteiger partial charge on any atom is -0.452 e. The number of anilines is 1. The lowest BCUT2D eigenvalue weighted by Crippen LogP contribution is -2.37. The van der Waals surface area contributed by atoms with Crippen LogP contribution in [0, 0.1) is 5.82 Å². The molecule has 0 saturated heterocycles. The van der Waals surface area contributed by atoms with Crippen LogP contribution in [-0.2, 0) is 14.3 Å². The maximum atomic E-state index is 12.9. The molecule has 0 aliphatic rings. The largest absolute Gasteiger partial charge is 0.452 e. The van der Waals surface area contributed by atoms with Crippen LogP contribution < -0.4 is 5.32 Å². The van der Waals surface area contributed by atoms with Crippen molar-refractivity contribution in [3.8, 4) is 0 Å². The summed E-state index contributed by atoms with van der Waals surface area (Å²) in [4.78, 5) is 40.4. The average Bonchev–Trinajstić information content (AvgIpc) is 3.11. The number of hydrogen-bond acceptors (Lipinski definition) is 4. The maximum Gasteiger partial charge on any atom is 0.340 e. The molecule has 0 aliphatic carbocycles. The van der Waals surface area contributed by atoms with Crippen molar-refractivity contribution in [2.24, 2.45) is 0 Å². The van der Waals surface area contributed by atoms with Crippen molar-refractivity contribution in [3.05, 3.63) is 66.1 Å². The molecule has 0 bridgehead atoms. The number of amides is 2. The summed E-state index contributed by atoms with van der Waals surface area (Å²) in [5.74, 6) is -2.02. The molecule has 28 heavy (non-hydrogen) atoms. The molecule has 0 radical (unpaired) electrons. The van der Waals surface area contributed by atoms with Gasteiger partial charge < -0.3 is 19.9 Å². The Hall–Kier alpha value is -3.68. The van der Waals surface area contributed by atoms with Gasteiger partial charge in [0.25, 0.3) is 5.91 Å². The number of nitrogens with one attached hydrogen (secondary N) is 2. The molecular formula is C20H18FN3O4. The number of ether oxygens (including phenoxy) is 1. The van der Waals surface area contributed by atoms with Crippen molar-refractivity contribution in [2.75, 3.05) is 25.5 Å². The van der Waals surface area contributed by atoms with Gasteiger partial charge in [0.2, 0.25) is 5.91 Å². The molecule has 2 aromatic carbocycles. The lowest BCUT2D eigenvalue weighted by Gasteiger charge is -2.16. The summed E-state index contributed by atoms with van der Waals surface area (Å²) < 4.78 is 17.9. The SMILES string of the molecule is CN(CC(=O)Nc1ccc(F)cc1)C(=O)COC(=O)c1c[nH]c2ccccc12. The Labute approximate surface area is 160 Å². The third-order valence-corrected chi connectivity index (χ3v) is 4.07. The Kier molecular flexibility index (Phi) is 5.69. The number of rotatable bonds is 6. The van der Waals surface area contributed by atoms with E-state index >= 15 is 0 Å². The number of nitrogens with zero attached hydrogens (tertiary/aromatic N) is 1. The Bertz CT molecular complexity index is 1010. The van der Waals surface area contributed by atoms with Crippen LogP contribution >= 0.6 is 0 Å². The minimum atomic E-state index is -0.630. The Balaban J connectivity index is 1.50. The van der Waals surface area contributed by atoms with Crippen LogP contribution in [0.4, 0.5) is 10.1 Å². The van der Waals surface area contributed by atoms with E-state index in [9.17, 15) is 18.8 Å². The summed E-state index contributed by atoms with van der Waals surface area (Å²) in [7, 11) is 1.42. The predicted octanol–water partition coefficient (Wildman–Crippen LogP) is 2.56. The number of hydrogen-bond donors (Lipinski definition) is 2. The highest BCUT2D eigenvalue weighted by Crippen LogP contribution is 2.18. The first-order valence-corrected chi connectivity index (χ1v) is 8.46. The number of H-pyrrole nitrogens is 1. The van der Waals surface area contributed by atoms with Gasteiger partial charge >= 0.3 is 5.97 Å². The van der Waals surface area contributed by atoms with Crippen LogP contribution in [0.25, 0.3) is 10.9 Å². The number of aromatic nitrogens is 1. The molecule has 0 fully saturated rings. The normalized spacial score (nSPS) is 10.5. The van der Waals surface area contributed by atoms with Crippen molar-refractivity contribution < 1.29 is 23.5 Å². The van der Waals surface area contributed by atoms with Crippen LogP contribution in [0.2, 0.25) is 0 Å². The maximum absolute atomic E-state index is 12.9. The Morgan fingerprint density at radius 2 is 1.82 bits per heavy atom. The van der Waals surface area contributed by atoms with Crippen molar-refractivity contribution in [1.29, 1.82) is 0 Å². The van der Waals surface area contributed by atoms with E-state index in [-0.39, 0.29) is 6.54 Å². The van der Waals surface area contributed by atoms with Gasteiger partial charge in [-0.15, -0.1) is 0 Å². The fourth-order valence-corrected chi connectivity index (χ4v) is 2.59. The quantitative estimate of drug-likeness (QED) is 0.640. The van der Waals surface area contributed by atoms with E-state index in [1.165, 1.54) is 37.5 Å². The van der Waals surface area contributed by atoms with Gasteiger partial charge in [0.15, 0.2) is 6.61 Å². The van der Waals surface area contributed by atoms with Crippen molar-refractivity contribution in [3.63, 3.8) is 0 Å². The Morgan fingerprint density at radius 3 is 2.57 bits per heavy atom. The van der Waals surface area contributed by atoms with E-state index in [1.54, 1.807) is 12.1 Å². The van der Waals surface area contributed by atoms with E-state index < -0.39 is 30.2 Å². The van der Waals surface area contributed by atoms with Gasteiger partial charge in [-0.05, 0) is 30.3 Å². The van der Waals surface area contributed by atoms with Gasteiger partial charge in [-0.2, -0.15) is 0 Å². The molecule has 8 heteroatoms. The number of esters is 1. The smallest absolute Gasteiger partial charge is 0.340 e. The second-order valence-electron chi connectivity index (χ2n) is 6.13. The molecule has 3 aromatic rings. The predicted molar refractivity (Wildman–Crippen MR) is 101 cm³/mol. The van der Waals surface area contributed by atoms with Gasteiger partial charge in [-0.3, -0.25) is 9.59 Å². The summed E-state index contributed by atoms with van der Waals surface area (Å²) in [6.07, 6.45) is 1.53.